The second-order valence-electron chi connectivity index (χ2n) is 8.99. The highest BCUT2D eigenvalue weighted by atomic mass is 16.7. The van der Waals surface area contributed by atoms with Crippen molar-refractivity contribution in [2.75, 3.05) is 59.7 Å². The normalized spacial score (nSPS) is 26.1. The summed E-state index contributed by atoms with van der Waals surface area (Å²) in [4.78, 5) is 19.5. The average molecular weight is 388 g/mol. The number of hydrogen-bond acceptors (Lipinski definition) is 5. The minimum Gasteiger partial charge on any atom is -0.454 e. The number of fused-ring (bicyclic) bond motifs is 1. The first-order chi connectivity index (χ1) is 13.5. The number of amides is 1. The van der Waals surface area contributed by atoms with E-state index in [1.165, 1.54) is 5.56 Å². The van der Waals surface area contributed by atoms with Gasteiger partial charge in [-0.1, -0.05) is 13.0 Å². The second kappa shape index (κ2) is 8.29. The number of carbonyl (C=O) groups is 1. The van der Waals surface area contributed by atoms with Gasteiger partial charge in [-0.05, 0) is 56.0 Å². The standard InChI is InChI=1S/C22H33N3O3/c1-22(15-18-4-5-19-20(14-18)28-17-27-19)7-6-21(26)25(16-22)9-3-8-24-12-10-23(2)11-13-24/h4-5,14H,3,6-13,15-17H2,1-2H3/t22-/m1/s1. The Morgan fingerprint density at radius 2 is 1.86 bits per heavy atom. The van der Waals surface area contributed by atoms with Crippen LogP contribution in [0.3, 0.4) is 0 Å². The molecule has 0 N–H and O–H groups in total. The van der Waals surface area contributed by atoms with Crippen LogP contribution in [0.5, 0.6) is 11.5 Å². The molecule has 2 fully saturated rings. The minimum absolute atomic E-state index is 0.120. The second-order valence-corrected chi connectivity index (χ2v) is 8.99. The molecule has 1 aromatic rings. The highest BCUT2D eigenvalue weighted by Crippen LogP contribution is 2.37. The Kier molecular flexibility index (Phi) is 5.78. The summed E-state index contributed by atoms with van der Waals surface area (Å²) in [6.07, 6.45) is 3.65. The van der Waals surface area contributed by atoms with Crippen LogP contribution >= 0.6 is 0 Å². The molecule has 0 aromatic heterocycles. The third kappa shape index (κ3) is 4.61. The van der Waals surface area contributed by atoms with Crippen molar-refractivity contribution in [1.82, 2.24) is 14.7 Å². The Bertz CT molecular complexity index is 702. The highest BCUT2D eigenvalue weighted by molar-refractivity contribution is 5.77. The number of rotatable bonds is 6. The van der Waals surface area contributed by atoms with Gasteiger partial charge in [0.25, 0.3) is 0 Å². The van der Waals surface area contributed by atoms with Crippen LogP contribution in [0.1, 0.15) is 31.7 Å². The predicted molar refractivity (Wildman–Crippen MR) is 109 cm³/mol. The molecule has 154 valence electrons. The number of carbonyl (C=O) groups excluding carboxylic acids is 1. The first kappa shape index (κ1) is 19.5. The molecule has 6 nitrogen and oxygen atoms in total. The predicted octanol–water partition coefficient (Wildman–Crippen LogP) is 2.22. The average Bonchev–Trinajstić information content (AvgIpc) is 3.14. The van der Waals surface area contributed by atoms with E-state index >= 15 is 0 Å². The number of benzene rings is 1. The molecule has 0 bridgehead atoms. The number of piperazine rings is 1. The van der Waals surface area contributed by atoms with Gasteiger partial charge < -0.3 is 24.2 Å². The molecule has 1 aromatic carbocycles. The number of ether oxygens (including phenoxy) is 2. The monoisotopic (exact) mass is 387 g/mol. The lowest BCUT2D eigenvalue weighted by Gasteiger charge is -2.41. The lowest BCUT2D eigenvalue weighted by atomic mass is 9.76. The van der Waals surface area contributed by atoms with E-state index in [9.17, 15) is 4.79 Å². The lowest BCUT2D eigenvalue weighted by Crippen LogP contribution is -2.48. The molecule has 3 aliphatic rings. The van der Waals surface area contributed by atoms with Gasteiger partial charge in [-0.15, -0.1) is 0 Å². The fourth-order valence-corrected chi connectivity index (χ4v) is 4.64. The molecule has 3 heterocycles. The summed E-state index contributed by atoms with van der Waals surface area (Å²) < 4.78 is 10.9. The molecule has 0 aliphatic carbocycles. The quantitative estimate of drug-likeness (QED) is 0.749. The maximum atomic E-state index is 12.5. The summed E-state index contributed by atoms with van der Waals surface area (Å²) >= 11 is 0. The molecule has 3 aliphatic heterocycles. The van der Waals surface area contributed by atoms with Gasteiger partial charge in [-0.25, -0.2) is 0 Å². The van der Waals surface area contributed by atoms with Crippen LogP contribution in [0, 0.1) is 5.41 Å². The zero-order valence-corrected chi connectivity index (χ0v) is 17.3. The summed E-state index contributed by atoms with van der Waals surface area (Å²) in [7, 11) is 2.19. The maximum Gasteiger partial charge on any atom is 0.231 e. The van der Waals surface area contributed by atoms with Crippen LogP contribution < -0.4 is 9.47 Å². The van der Waals surface area contributed by atoms with Crippen LogP contribution in [0.15, 0.2) is 18.2 Å². The number of likely N-dealkylation sites (tertiary alicyclic amines) is 1. The van der Waals surface area contributed by atoms with Crippen LogP contribution in [0.4, 0.5) is 0 Å². The third-order valence-electron chi connectivity index (χ3n) is 6.43. The van der Waals surface area contributed by atoms with Crippen molar-refractivity contribution in [3.05, 3.63) is 23.8 Å². The third-order valence-corrected chi connectivity index (χ3v) is 6.43. The van der Waals surface area contributed by atoms with Crippen molar-refractivity contribution in [3.8, 4) is 11.5 Å². The molecular formula is C22H33N3O3. The largest absolute Gasteiger partial charge is 0.454 e. The molecule has 2 saturated heterocycles. The number of piperidine rings is 1. The molecule has 0 radical (unpaired) electrons. The van der Waals surface area contributed by atoms with Gasteiger partial charge in [0.05, 0.1) is 0 Å². The molecule has 0 unspecified atom stereocenters. The van der Waals surface area contributed by atoms with E-state index in [1.807, 2.05) is 6.07 Å². The van der Waals surface area contributed by atoms with Gasteiger partial charge >= 0.3 is 0 Å². The molecule has 1 atom stereocenters. The SMILES string of the molecule is CN1CCN(CCCN2C[C@@](C)(Cc3ccc4c(c3)OCO4)CCC2=O)CC1. The van der Waals surface area contributed by atoms with E-state index in [0.717, 1.165) is 76.6 Å². The maximum absolute atomic E-state index is 12.5. The van der Waals surface area contributed by atoms with Crippen molar-refractivity contribution in [2.45, 2.75) is 32.6 Å². The van der Waals surface area contributed by atoms with Gasteiger partial charge in [-0.3, -0.25) is 4.79 Å². The van der Waals surface area contributed by atoms with E-state index in [-0.39, 0.29) is 5.41 Å². The summed E-state index contributed by atoms with van der Waals surface area (Å²) in [5, 5.41) is 0. The van der Waals surface area contributed by atoms with E-state index < -0.39 is 0 Å². The van der Waals surface area contributed by atoms with Gasteiger partial charge in [0.15, 0.2) is 11.5 Å². The smallest absolute Gasteiger partial charge is 0.231 e. The summed E-state index contributed by atoms with van der Waals surface area (Å²) in [6.45, 7) is 10.0. The Hall–Kier alpha value is -1.79. The van der Waals surface area contributed by atoms with Gasteiger partial charge in [-0.2, -0.15) is 0 Å². The number of likely N-dealkylation sites (N-methyl/N-ethyl adjacent to an activating group) is 1. The van der Waals surface area contributed by atoms with Crippen LogP contribution in [-0.4, -0.2) is 80.3 Å². The summed E-state index contributed by atoms with van der Waals surface area (Å²) in [5.74, 6) is 2.00. The van der Waals surface area contributed by atoms with Crippen LogP contribution in [0.2, 0.25) is 0 Å². The van der Waals surface area contributed by atoms with Gasteiger partial charge in [0, 0.05) is 45.7 Å². The van der Waals surface area contributed by atoms with Crippen LogP contribution in [-0.2, 0) is 11.2 Å². The molecular weight excluding hydrogens is 354 g/mol. The van der Waals surface area contributed by atoms with Crippen molar-refractivity contribution in [1.29, 1.82) is 0 Å². The fraction of sp³-hybridized carbons (Fsp3) is 0.682. The van der Waals surface area contributed by atoms with E-state index in [4.69, 9.17) is 9.47 Å². The topological polar surface area (TPSA) is 45.2 Å². The van der Waals surface area contributed by atoms with Gasteiger partial charge in [0.1, 0.15) is 0 Å². The van der Waals surface area contributed by atoms with Crippen molar-refractivity contribution < 1.29 is 14.3 Å². The summed E-state index contributed by atoms with van der Waals surface area (Å²) in [5.41, 5.74) is 1.38. The minimum atomic E-state index is 0.120. The van der Waals surface area contributed by atoms with Crippen molar-refractivity contribution in [2.24, 2.45) is 5.41 Å². The molecule has 0 saturated carbocycles. The van der Waals surface area contributed by atoms with E-state index in [2.05, 4.69) is 40.8 Å². The van der Waals surface area contributed by atoms with Crippen LogP contribution in [0.25, 0.3) is 0 Å². The Balaban J connectivity index is 1.30. The van der Waals surface area contributed by atoms with Crippen molar-refractivity contribution in [3.63, 3.8) is 0 Å². The highest BCUT2D eigenvalue weighted by Gasteiger charge is 2.35. The first-order valence-electron chi connectivity index (χ1n) is 10.6. The number of hydrogen-bond donors (Lipinski definition) is 0. The van der Waals surface area contributed by atoms with Crippen molar-refractivity contribution >= 4 is 5.91 Å². The molecule has 28 heavy (non-hydrogen) atoms. The molecule has 0 spiro atoms. The van der Waals surface area contributed by atoms with E-state index in [1.54, 1.807) is 0 Å². The Morgan fingerprint density at radius 3 is 2.68 bits per heavy atom. The van der Waals surface area contributed by atoms with Gasteiger partial charge in [0.2, 0.25) is 12.7 Å². The Labute approximate surface area is 168 Å². The number of nitrogens with zero attached hydrogens (tertiary/aromatic N) is 3. The zero-order valence-electron chi connectivity index (χ0n) is 17.3. The fourth-order valence-electron chi connectivity index (χ4n) is 4.64. The summed E-state index contributed by atoms with van der Waals surface area (Å²) in [6, 6.07) is 6.23. The Morgan fingerprint density at radius 1 is 1.07 bits per heavy atom. The molecule has 4 rings (SSSR count). The first-order valence-corrected chi connectivity index (χ1v) is 10.6. The zero-order chi connectivity index (χ0) is 19.6. The lowest BCUT2D eigenvalue weighted by molar-refractivity contribution is -0.137. The molecule has 1 amide bonds. The van der Waals surface area contributed by atoms with E-state index in [0.29, 0.717) is 19.1 Å². The molecule has 6 heteroatoms.